The van der Waals surface area contributed by atoms with E-state index in [1.165, 1.54) is 6.07 Å². The number of halogens is 6. The number of hydrogen-bond acceptors (Lipinski definition) is 3. The van der Waals surface area contributed by atoms with Crippen molar-refractivity contribution in [2.75, 3.05) is 5.73 Å². The average Bonchev–Trinajstić information content (AvgIpc) is 2.37. The van der Waals surface area contributed by atoms with Crippen LogP contribution in [0.5, 0.6) is 11.6 Å². The molecule has 9 heteroatoms. The molecule has 2 N–H and O–H groups in total. The summed E-state index contributed by atoms with van der Waals surface area (Å²) in [7, 11) is 0. The van der Waals surface area contributed by atoms with Crippen molar-refractivity contribution in [3.8, 4) is 11.6 Å². The molecule has 21 heavy (non-hydrogen) atoms. The highest BCUT2D eigenvalue weighted by atomic mass is 35.5. The van der Waals surface area contributed by atoms with E-state index in [0.29, 0.717) is 12.1 Å². The van der Waals surface area contributed by atoms with Crippen molar-refractivity contribution >= 4 is 29.0 Å². The maximum Gasteiger partial charge on any atom is 0.419 e. The number of alkyl halides is 3. The highest BCUT2D eigenvalue weighted by Crippen LogP contribution is 2.36. The van der Waals surface area contributed by atoms with Crippen LogP contribution in [0.4, 0.5) is 23.4 Å². The first-order valence-corrected chi connectivity index (χ1v) is 6.10. The number of nitrogen functional groups attached to an aromatic ring is 1. The van der Waals surface area contributed by atoms with Crippen LogP contribution in [0.3, 0.4) is 0 Å². The van der Waals surface area contributed by atoms with E-state index in [1.54, 1.807) is 0 Å². The number of rotatable bonds is 2. The van der Waals surface area contributed by atoms with Gasteiger partial charge in [0.2, 0.25) is 5.88 Å². The standard InChI is InChI=1S/C12H6Cl2F4N2O/c13-7-4-8(14)11(20-10(7)19)21-5-1-2-9(15)6(3-5)12(16,17)18/h1-4H,(H2,19,20). The lowest BCUT2D eigenvalue weighted by atomic mass is 10.2. The molecule has 0 fully saturated rings. The SMILES string of the molecule is Nc1nc(Oc2ccc(F)c(C(F)(F)F)c2)c(Cl)cc1Cl. The van der Waals surface area contributed by atoms with Crippen molar-refractivity contribution in [2.24, 2.45) is 0 Å². The van der Waals surface area contributed by atoms with Gasteiger partial charge in [-0.3, -0.25) is 0 Å². The van der Waals surface area contributed by atoms with E-state index >= 15 is 0 Å². The van der Waals surface area contributed by atoms with Crippen LogP contribution in [0.1, 0.15) is 5.56 Å². The van der Waals surface area contributed by atoms with Crippen molar-refractivity contribution in [1.82, 2.24) is 4.98 Å². The highest BCUT2D eigenvalue weighted by molar-refractivity contribution is 6.36. The third kappa shape index (κ3) is 3.48. The average molecular weight is 341 g/mol. The van der Waals surface area contributed by atoms with E-state index in [1.807, 2.05) is 0 Å². The first-order valence-electron chi connectivity index (χ1n) is 5.34. The van der Waals surface area contributed by atoms with Gasteiger partial charge in [-0.15, -0.1) is 0 Å². The zero-order valence-corrected chi connectivity index (χ0v) is 11.5. The minimum atomic E-state index is -4.85. The largest absolute Gasteiger partial charge is 0.437 e. The molecule has 0 aliphatic heterocycles. The molecule has 0 atom stereocenters. The summed E-state index contributed by atoms with van der Waals surface area (Å²) < 4.78 is 56.0. The molecule has 0 unspecified atom stereocenters. The third-order valence-corrected chi connectivity index (χ3v) is 2.96. The Bertz CT molecular complexity index is 692. The summed E-state index contributed by atoms with van der Waals surface area (Å²) in [6, 6.07) is 3.37. The molecule has 0 aliphatic carbocycles. The van der Waals surface area contributed by atoms with E-state index in [2.05, 4.69) is 4.98 Å². The van der Waals surface area contributed by atoms with Crippen LogP contribution in [0.25, 0.3) is 0 Å². The molecule has 0 spiro atoms. The van der Waals surface area contributed by atoms with E-state index in [9.17, 15) is 17.6 Å². The van der Waals surface area contributed by atoms with Crippen molar-refractivity contribution in [3.05, 3.63) is 45.7 Å². The second-order valence-electron chi connectivity index (χ2n) is 3.88. The van der Waals surface area contributed by atoms with Gasteiger partial charge in [-0.05, 0) is 24.3 Å². The first kappa shape index (κ1) is 15.7. The van der Waals surface area contributed by atoms with Gasteiger partial charge in [0, 0.05) is 0 Å². The minimum absolute atomic E-state index is 0.0490. The summed E-state index contributed by atoms with van der Waals surface area (Å²) in [4.78, 5) is 3.70. The number of anilines is 1. The summed E-state index contributed by atoms with van der Waals surface area (Å²) in [6.45, 7) is 0. The molecule has 3 nitrogen and oxygen atoms in total. The van der Waals surface area contributed by atoms with Crippen LogP contribution >= 0.6 is 23.2 Å². The molecule has 1 aromatic heterocycles. The van der Waals surface area contributed by atoms with Gasteiger partial charge in [0.1, 0.15) is 22.4 Å². The summed E-state index contributed by atoms with van der Waals surface area (Å²) in [6.07, 6.45) is -4.85. The Morgan fingerprint density at radius 1 is 1.10 bits per heavy atom. The first-order chi connectivity index (χ1) is 9.68. The number of nitrogens with zero attached hydrogens (tertiary/aromatic N) is 1. The molecule has 0 saturated carbocycles. The maximum absolute atomic E-state index is 13.1. The van der Waals surface area contributed by atoms with Crippen LogP contribution in [0, 0.1) is 5.82 Å². The van der Waals surface area contributed by atoms with Crippen molar-refractivity contribution in [2.45, 2.75) is 6.18 Å². The van der Waals surface area contributed by atoms with Crippen LogP contribution in [0.15, 0.2) is 24.3 Å². The quantitative estimate of drug-likeness (QED) is 0.789. The normalized spacial score (nSPS) is 11.5. The molecule has 0 radical (unpaired) electrons. The topological polar surface area (TPSA) is 48.1 Å². The molecule has 2 aromatic rings. The predicted octanol–water partition coefficient (Wildman–Crippen LogP) is 4.92. The summed E-state index contributed by atoms with van der Waals surface area (Å²) in [5.41, 5.74) is 3.98. The number of benzene rings is 1. The Kier molecular flexibility index (Phi) is 4.15. The van der Waals surface area contributed by atoms with Crippen LogP contribution in [-0.4, -0.2) is 4.98 Å². The van der Waals surface area contributed by atoms with Gasteiger partial charge >= 0.3 is 6.18 Å². The van der Waals surface area contributed by atoms with E-state index < -0.39 is 17.6 Å². The molecule has 2 rings (SSSR count). The van der Waals surface area contributed by atoms with E-state index in [0.717, 1.165) is 6.07 Å². The van der Waals surface area contributed by atoms with Gasteiger partial charge in [-0.1, -0.05) is 23.2 Å². The predicted molar refractivity (Wildman–Crippen MR) is 70.1 cm³/mol. The fourth-order valence-electron chi connectivity index (χ4n) is 1.43. The molecular formula is C12H6Cl2F4N2O. The summed E-state index contributed by atoms with van der Waals surface area (Å²) in [5, 5.41) is 0.0227. The van der Waals surface area contributed by atoms with Crippen molar-refractivity contribution in [1.29, 1.82) is 0 Å². The smallest absolute Gasteiger partial charge is 0.419 e. The molecule has 0 saturated heterocycles. The van der Waals surface area contributed by atoms with Gasteiger partial charge < -0.3 is 10.5 Å². The Morgan fingerprint density at radius 2 is 1.76 bits per heavy atom. The zero-order valence-electron chi connectivity index (χ0n) is 10.0. The Balaban J connectivity index is 2.39. The van der Waals surface area contributed by atoms with Crippen LogP contribution < -0.4 is 10.5 Å². The van der Waals surface area contributed by atoms with Crippen molar-refractivity contribution in [3.63, 3.8) is 0 Å². The number of hydrogen-bond donors (Lipinski definition) is 1. The fourth-order valence-corrected chi connectivity index (χ4v) is 1.83. The molecule has 1 aromatic carbocycles. The summed E-state index contributed by atoms with van der Waals surface area (Å²) >= 11 is 11.5. The molecular weight excluding hydrogens is 335 g/mol. The minimum Gasteiger partial charge on any atom is -0.437 e. The van der Waals surface area contributed by atoms with Gasteiger partial charge in [-0.2, -0.15) is 18.2 Å². The Hall–Kier alpha value is -1.73. The second-order valence-corrected chi connectivity index (χ2v) is 4.70. The van der Waals surface area contributed by atoms with Crippen LogP contribution in [0.2, 0.25) is 10.0 Å². The van der Waals surface area contributed by atoms with Gasteiger partial charge in [0.15, 0.2) is 0 Å². The molecule has 0 amide bonds. The monoisotopic (exact) mass is 340 g/mol. The number of ether oxygens (including phenoxy) is 1. The third-order valence-electron chi connectivity index (χ3n) is 2.38. The van der Waals surface area contributed by atoms with Crippen molar-refractivity contribution < 1.29 is 22.3 Å². The highest BCUT2D eigenvalue weighted by Gasteiger charge is 2.34. The number of pyridine rings is 1. The van der Waals surface area contributed by atoms with E-state index in [4.69, 9.17) is 33.7 Å². The second kappa shape index (κ2) is 5.57. The van der Waals surface area contributed by atoms with Gasteiger partial charge in [0.25, 0.3) is 0 Å². The van der Waals surface area contributed by atoms with Crippen LogP contribution in [-0.2, 0) is 6.18 Å². The molecule has 0 bridgehead atoms. The molecule has 1 heterocycles. The van der Waals surface area contributed by atoms with E-state index in [-0.39, 0.29) is 27.5 Å². The lowest BCUT2D eigenvalue weighted by molar-refractivity contribution is -0.140. The molecule has 0 aliphatic rings. The number of nitrogens with two attached hydrogens (primary N) is 1. The summed E-state index contributed by atoms with van der Waals surface area (Å²) in [5.74, 6) is -2.04. The Morgan fingerprint density at radius 3 is 2.38 bits per heavy atom. The van der Waals surface area contributed by atoms with Gasteiger partial charge in [-0.25, -0.2) is 4.39 Å². The Labute approximate surface area is 126 Å². The lowest BCUT2D eigenvalue weighted by Gasteiger charge is -2.11. The zero-order chi connectivity index (χ0) is 15.8. The van der Waals surface area contributed by atoms with Gasteiger partial charge in [0.05, 0.1) is 10.6 Å². The molecule has 112 valence electrons. The maximum atomic E-state index is 13.1. The lowest BCUT2D eigenvalue weighted by Crippen LogP contribution is -2.08. The fraction of sp³-hybridized carbons (Fsp3) is 0.0833. The number of aromatic nitrogens is 1.